The summed E-state index contributed by atoms with van der Waals surface area (Å²) in [6.45, 7) is 2.42. The van der Waals surface area contributed by atoms with Gasteiger partial charge >= 0.3 is 0 Å². The summed E-state index contributed by atoms with van der Waals surface area (Å²) in [4.78, 5) is 25.1. The highest BCUT2D eigenvalue weighted by molar-refractivity contribution is 14.1. The second-order valence-electron chi connectivity index (χ2n) is 7.97. The standard InChI is InChI=1S/C25H22I2N4O4/c26-22-13-18(14-23(27)24(22)35-16-17-3-7-21(8-4-17)31(33)34)15-28-29-25(32)19-5-9-20(10-6-19)30-11-1-2-12-30/h3-10,13-15H,1-2,11-12,16H2,(H,29,32)/b28-15-. The van der Waals surface area contributed by atoms with Crippen molar-refractivity contribution >= 4 is 68.7 Å². The number of nitrogens with zero attached hydrogens (tertiary/aromatic N) is 3. The molecule has 10 heteroatoms. The molecule has 1 amide bonds. The van der Waals surface area contributed by atoms with E-state index < -0.39 is 4.92 Å². The van der Waals surface area contributed by atoms with Gasteiger partial charge in [0, 0.05) is 36.5 Å². The number of rotatable bonds is 8. The lowest BCUT2D eigenvalue weighted by molar-refractivity contribution is -0.384. The summed E-state index contributed by atoms with van der Waals surface area (Å²) < 4.78 is 7.73. The molecule has 1 saturated heterocycles. The number of nitrogens with one attached hydrogen (secondary N) is 1. The lowest BCUT2D eigenvalue weighted by atomic mass is 10.2. The lowest BCUT2D eigenvalue weighted by Gasteiger charge is -2.17. The minimum absolute atomic E-state index is 0.0488. The molecule has 0 saturated carbocycles. The smallest absolute Gasteiger partial charge is 0.271 e. The highest BCUT2D eigenvalue weighted by atomic mass is 127. The molecule has 1 aliphatic heterocycles. The molecule has 3 aromatic rings. The van der Waals surface area contributed by atoms with Gasteiger partial charge in [-0.15, -0.1) is 0 Å². The SMILES string of the molecule is O=C(N/N=C\c1cc(I)c(OCc2ccc([N+](=O)[O-])cc2)c(I)c1)c1ccc(N2CCCC2)cc1. The van der Waals surface area contributed by atoms with Gasteiger partial charge in [0.1, 0.15) is 12.4 Å². The van der Waals surface area contributed by atoms with E-state index in [9.17, 15) is 14.9 Å². The molecular formula is C25H22I2N4O4. The van der Waals surface area contributed by atoms with E-state index in [2.05, 4.69) is 60.6 Å². The third-order valence-electron chi connectivity index (χ3n) is 5.53. The number of ether oxygens (including phenoxy) is 1. The Labute approximate surface area is 230 Å². The molecule has 0 radical (unpaired) electrons. The van der Waals surface area contributed by atoms with Gasteiger partial charge in [0.2, 0.25) is 0 Å². The maximum atomic E-state index is 12.4. The van der Waals surface area contributed by atoms with Crippen LogP contribution in [0.3, 0.4) is 0 Å². The third-order valence-corrected chi connectivity index (χ3v) is 7.13. The van der Waals surface area contributed by atoms with Crippen molar-refractivity contribution in [2.24, 2.45) is 5.10 Å². The Kier molecular flexibility index (Phi) is 8.55. The van der Waals surface area contributed by atoms with E-state index in [4.69, 9.17) is 4.74 Å². The number of anilines is 1. The van der Waals surface area contributed by atoms with E-state index in [1.54, 1.807) is 18.3 Å². The fourth-order valence-electron chi connectivity index (χ4n) is 3.69. The zero-order valence-electron chi connectivity index (χ0n) is 18.6. The Bertz CT molecular complexity index is 1220. The van der Waals surface area contributed by atoms with Crippen molar-refractivity contribution < 1.29 is 14.5 Å². The number of carbonyl (C=O) groups excluding carboxylic acids is 1. The first-order valence-electron chi connectivity index (χ1n) is 10.9. The fraction of sp³-hybridized carbons (Fsp3) is 0.200. The number of benzene rings is 3. The Morgan fingerprint density at radius 1 is 1.06 bits per heavy atom. The average molecular weight is 696 g/mol. The molecule has 1 fully saturated rings. The van der Waals surface area contributed by atoms with E-state index >= 15 is 0 Å². The number of non-ortho nitro benzene ring substituents is 1. The number of hydrazone groups is 1. The summed E-state index contributed by atoms with van der Waals surface area (Å²) >= 11 is 4.38. The number of carbonyl (C=O) groups is 1. The summed E-state index contributed by atoms with van der Waals surface area (Å²) in [6.07, 6.45) is 4.02. The largest absolute Gasteiger partial charge is 0.487 e. The predicted octanol–water partition coefficient (Wildman–Crippen LogP) is 5.75. The Morgan fingerprint density at radius 3 is 2.29 bits per heavy atom. The first-order valence-corrected chi connectivity index (χ1v) is 13.1. The molecule has 180 valence electrons. The highest BCUT2D eigenvalue weighted by Gasteiger charge is 2.13. The van der Waals surface area contributed by atoms with Crippen LogP contribution in [-0.2, 0) is 6.61 Å². The summed E-state index contributed by atoms with van der Waals surface area (Å²) in [5.41, 5.74) is 5.99. The molecule has 1 heterocycles. The monoisotopic (exact) mass is 696 g/mol. The summed E-state index contributed by atoms with van der Waals surface area (Å²) in [5, 5.41) is 14.9. The molecule has 0 bridgehead atoms. The van der Waals surface area contributed by atoms with Crippen molar-refractivity contribution in [1.82, 2.24) is 5.43 Å². The van der Waals surface area contributed by atoms with Crippen molar-refractivity contribution in [3.05, 3.63) is 94.6 Å². The van der Waals surface area contributed by atoms with Gasteiger partial charge in [-0.25, -0.2) is 5.43 Å². The number of nitro groups is 1. The van der Waals surface area contributed by atoms with Crippen LogP contribution in [0.5, 0.6) is 5.75 Å². The van der Waals surface area contributed by atoms with E-state index in [1.807, 2.05) is 36.4 Å². The van der Waals surface area contributed by atoms with Gasteiger partial charge in [-0.1, -0.05) is 0 Å². The first-order chi connectivity index (χ1) is 16.9. The van der Waals surface area contributed by atoms with Gasteiger partial charge in [0.05, 0.1) is 18.3 Å². The molecule has 0 aromatic heterocycles. The minimum Gasteiger partial charge on any atom is -0.487 e. The number of nitro benzene ring substituents is 1. The fourth-order valence-corrected chi connectivity index (χ4v) is 5.82. The first kappa shape index (κ1) is 25.4. The molecule has 1 N–H and O–H groups in total. The molecule has 35 heavy (non-hydrogen) atoms. The van der Waals surface area contributed by atoms with Crippen LogP contribution < -0.4 is 15.1 Å². The predicted molar refractivity (Wildman–Crippen MR) is 152 cm³/mol. The van der Waals surface area contributed by atoms with Crippen LogP contribution in [0.25, 0.3) is 0 Å². The van der Waals surface area contributed by atoms with Gasteiger partial charge in [-0.2, -0.15) is 5.10 Å². The molecule has 0 spiro atoms. The molecular weight excluding hydrogens is 674 g/mol. The summed E-state index contributed by atoms with van der Waals surface area (Å²) in [5.74, 6) is 0.463. The molecule has 4 rings (SSSR count). The Morgan fingerprint density at radius 2 is 1.69 bits per heavy atom. The van der Waals surface area contributed by atoms with Gasteiger partial charge in [-0.05, 0) is 118 Å². The lowest BCUT2D eigenvalue weighted by Crippen LogP contribution is -2.19. The van der Waals surface area contributed by atoms with Gasteiger partial charge in [0.15, 0.2) is 0 Å². The number of halogens is 2. The van der Waals surface area contributed by atoms with E-state index in [-0.39, 0.29) is 11.6 Å². The third kappa shape index (κ3) is 6.69. The molecule has 3 aromatic carbocycles. The second kappa shape index (κ2) is 11.8. The van der Waals surface area contributed by atoms with Crippen LogP contribution in [0.1, 0.15) is 34.3 Å². The number of hydrogen-bond acceptors (Lipinski definition) is 6. The van der Waals surface area contributed by atoms with Crippen LogP contribution in [0.4, 0.5) is 11.4 Å². The van der Waals surface area contributed by atoms with Gasteiger partial charge < -0.3 is 9.64 Å². The topological polar surface area (TPSA) is 97.1 Å². The van der Waals surface area contributed by atoms with Crippen molar-refractivity contribution in [3.8, 4) is 5.75 Å². The van der Waals surface area contributed by atoms with Crippen LogP contribution >= 0.6 is 45.2 Å². The summed E-state index contributed by atoms with van der Waals surface area (Å²) in [7, 11) is 0. The van der Waals surface area contributed by atoms with Crippen molar-refractivity contribution in [1.29, 1.82) is 0 Å². The average Bonchev–Trinajstić information content (AvgIpc) is 3.39. The maximum absolute atomic E-state index is 12.4. The van der Waals surface area contributed by atoms with Crippen LogP contribution in [0.2, 0.25) is 0 Å². The van der Waals surface area contributed by atoms with Crippen LogP contribution in [-0.4, -0.2) is 30.1 Å². The van der Waals surface area contributed by atoms with Crippen LogP contribution in [0.15, 0.2) is 65.8 Å². The number of amides is 1. The molecule has 8 nitrogen and oxygen atoms in total. The highest BCUT2D eigenvalue weighted by Crippen LogP contribution is 2.29. The van der Waals surface area contributed by atoms with E-state index in [0.717, 1.165) is 42.8 Å². The summed E-state index contributed by atoms with van der Waals surface area (Å²) in [6, 6.07) is 17.7. The molecule has 1 aliphatic rings. The zero-order valence-corrected chi connectivity index (χ0v) is 22.9. The second-order valence-corrected chi connectivity index (χ2v) is 10.3. The van der Waals surface area contributed by atoms with Crippen LogP contribution in [0, 0.1) is 17.3 Å². The van der Waals surface area contributed by atoms with Crippen molar-refractivity contribution in [2.45, 2.75) is 19.4 Å². The normalized spacial score (nSPS) is 13.3. The maximum Gasteiger partial charge on any atom is 0.271 e. The number of hydrogen-bond donors (Lipinski definition) is 1. The quantitative estimate of drug-likeness (QED) is 0.140. The van der Waals surface area contributed by atoms with Crippen molar-refractivity contribution in [2.75, 3.05) is 18.0 Å². The molecule has 0 atom stereocenters. The molecule has 0 aliphatic carbocycles. The van der Waals surface area contributed by atoms with E-state index in [0.29, 0.717) is 12.2 Å². The van der Waals surface area contributed by atoms with Crippen molar-refractivity contribution in [3.63, 3.8) is 0 Å². The van der Waals surface area contributed by atoms with E-state index in [1.165, 1.54) is 25.0 Å². The zero-order chi connectivity index (χ0) is 24.8. The van der Waals surface area contributed by atoms with Gasteiger partial charge in [0.25, 0.3) is 11.6 Å². The Balaban J connectivity index is 1.34. The molecule has 0 unspecified atom stereocenters. The minimum atomic E-state index is -0.426. The van der Waals surface area contributed by atoms with Gasteiger partial charge in [-0.3, -0.25) is 14.9 Å². The Hall–Kier alpha value is -2.74.